The molecule has 198 valence electrons. The average Bonchev–Trinajstić information content (AvgIpc) is 2.77. The van der Waals surface area contributed by atoms with Crippen LogP contribution in [-0.2, 0) is 15.4 Å². The molecule has 34 heavy (non-hydrogen) atoms. The fourth-order valence-electron chi connectivity index (χ4n) is 5.39. The van der Waals surface area contributed by atoms with Crippen LogP contribution in [0.1, 0.15) is 150 Å². The minimum atomic E-state index is -2.41. The Labute approximate surface area is 214 Å². The highest BCUT2D eigenvalue weighted by Crippen LogP contribution is 2.63. The lowest BCUT2D eigenvalue weighted by molar-refractivity contribution is 0.458. The topological polar surface area (TPSA) is 17.1 Å². The van der Waals surface area contributed by atoms with Gasteiger partial charge in [-0.2, -0.15) is 0 Å². The van der Waals surface area contributed by atoms with E-state index in [-0.39, 0.29) is 16.5 Å². The highest BCUT2D eigenvalue weighted by Gasteiger charge is 2.37. The van der Waals surface area contributed by atoms with Gasteiger partial charge in [0.1, 0.15) is 0 Å². The van der Waals surface area contributed by atoms with E-state index in [2.05, 4.69) is 94.4 Å². The van der Waals surface area contributed by atoms with E-state index in [9.17, 15) is 0 Å². The van der Waals surface area contributed by atoms with E-state index in [0.717, 1.165) is 25.2 Å². The van der Waals surface area contributed by atoms with Crippen molar-refractivity contribution in [2.45, 2.75) is 144 Å². The Bertz CT molecular complexity index is 742. The Morgan fingerprint density at radius 1 is 0.765 bits per heavy atom. The van der Waals surface area contributed by atoms with E-state index in [0.29, 0.717) is 11.8 Å². The number of rotatable bonds is 14. The van der Waals surface area contributed by atoms with Gasteiger partial charge in [0.25, 0.3) is 0 Å². The molecule has 0 heterocycles. The van der Waals surface area contributed by atoms with Crippen molar-refractivity contribution in [1.82, 2.24) is 0 Å². The normalized spacial score (nSPS) is 17.3. The maximum absolute atomic E-state index is 15.1. The number of hydrogen-bond acceptors (Lipinski definition) is 1. The van der Waals surface area contributed by atoms with Crippen LogP contribution in [0.25, 0.3) is 0 Å². The molecule has 0 spiro atoms. The second kappa shape index (κ2) is 13.7. The summed E-state index contributed by atoms with van der Waals surface area (Å²) in [6.07, 6.45) is 11.6. The Morgan fingerprint density at radius 2 is 1.24 bits per heavy atom. The number of benzene rings is 1. The zero-order valence-corrected chi connectivity index (χ0v) is 25.8. The van der Waals surface area contributed by atoms with Gasteiger partial charge in [-0.05, 0) is 39.4 Å². The third kappa shape index (κ3) is 9.15. The molecule has 0 aromatic heterocycles. The summed E-state index contributed by atoms with van der Waals surface area (Å²) in [5.74, 6) is 1.17. The first-order valence-electron chi connectivity index (χ1n) is 14.5. The molecule has 2 heteroatoms. The highest BCUT2D eigenvalue weighted by molar-refractivity contribution is 7.64. The van der Waals surface area contributed by atoms with Crippen molar-refractivity contribution in [2.75, 3.05) is 12.3 Å². The SMILES string of the molecule is CCCCC(CC)CP(=O)(CC(CC)CCCC)C(C)c1ccc(C(C)(C)C)cc1C(C)(C)C. The predicted octanol–water partition coefficient (Wildman–Crippen LogP) is 11.1. The van der Waals surface area contributed by atoms with Crippen LogP contribution in [0, 0.1) is 11.8 Å². The second-order valence-electron chi connectivity index (χ2n) is 13.1. The molecule has 1 nitrogen and oxygen atoms in total. The molecule has 1 aromatic carbocycles. The van der Waals surface area contributed by atoms with Crippen molar-refractivity contribution in [2.24, 2.45) is 11.8 Å². The Morgan fingerprint density at radius 3 is 1.59 bits per heavy atom. The summed E-state index contributed by atoms with van der Waals surface area (Å²) < 4.78 is 15.1. The molecule has 0 amide bonds. The molecule has 0 saturated carbocycles. The minimum absolute atomic E-state index is 0.0361. The van der Waals surface area contributed by atoms with Crippen molar-refractivity contribution in [1.29, 1.82) is 0 Å². The molecule has 0 saturated heterocycles. The minimum Gasteiger partial charge on any atom is -0.323 e. The fourth-order valence-corrected chi connectivity index (χ4v) is 9.53. The smallest absolute Gasteiger partial charge is 0.0951 e. The van der Waals surface area contributed by atoms with Crippen molar-refractivity contribution in [3.8, 4) is 0 Å². The van der Waals surface area contributed by atoms with Gasteiger partial charge < -0.3 is 4.57 Å². The summed E-state index contributed by atoms with van der Waals surface area (Å²) in [4.78, 5) is 0. The molecular formula is C32H59OP. The van der Waals surface area contributed by atoms with Crippen molar-refractivity contribution in [3.63, 3.8) is 0 Å². The van der Waals surface area contributed by atoms with Gasteiger partial charge in [0.05, 0.1) is 7.14 Å². The van der Waals surface area contributed by atoms with Gasteiger partial charge in [0.2, 0.25) is 0 Å². The molecule has 0 N–H and O–H groups in total. The number of unbranched alkanes of at least 4 members (excludes halogenated alkanes) is 2. The fraction of sp³-hybridized carbons (Fsp3) is 0.812. The monoisotopic (exact) mass is 490 g/mol. The van der Waals surface area contributed by atoms with E-state index in [1.807, 2.05) is 0 Å². The van der Waals surface area contributed by atoms with E-state index >= 15 is 4.57 Å². The molecular weight excluding hydrogens is 431 g/mol. The molecule has 0 aliphatic carbocycles. The summed E-state index contributed by atoms with van der Waals surface area (Å²) in [7, 11) is -2.41. The highest BCUT2D eigenvalue weighted by atomic mass is 31.2. The molecule has 1 aromatic rings. The molecule has 3 atom stereocenters. The maximum atomic E-state index is 15.1. The zero-order valence-electron chi connectivity index (χ0n) is 24.9. The number of hydrogen-bond donors (Lipinski definition) is 0. The third-order valence-corrected chi connectivity index (χ3v) is 12.1. The standard InChI is InChI=1S/C32H59OP/c1-12-16-18-26(14-3)23-34(33,24-27(15-4)19-17-13-2)25(5)29-21-20-28(31(6,7)8)22-30(29)32(9,10)11/h20-22,25-27H,12-19,23-24H2,1-11H3. The van der Waals surface area contributed by atoms with Gasteiger partial charge in [-0.15, -0.1) is 0 Å². The van der Waals surface area contributed by atoms with Gasteiger partial charge in [0, 0.05) is 18.0 Å². The van der Waals surface area contributed by atoms with Crippen LogP contribution in [0.15, 0.2) is 18.2 Å². The Hall–Kier alpha value is -0.550. The average molecular weight is 491 g/mol. The lowest BCUT2D eigenvalue weighted by atomic mass is 9.78. The summed E-state index contributed by atoms with van der Waals surface area (Å²) in [6.45, 7) is 25.3. The molecule has 1 rings (SSSR count). The van der Waals surface area contributed by atoms with Gasteiger partial charge in [-0.25, -0.2) is 0 Å². The van der Waals surface area contributed by atoms with E-state index < -0.39 is 7.14 Å². The first-order chi connectivity index (χ1) is 15.7. The summed E-state index contributed by atoms with van der Waals surface area (Å²) in [6, 6.07) is 7.09. The van der Waals surface area contributed by atoms with Gasteiger partial charge in [-0.1, -0.05) is 146 Å². The molecule has 0 radical (unpaired) electrons. The van der Waals surface area contributed by atoms with Crippen LogP contribution >= 0.6 is 7.14 Å². The van der Waals surface area contributed by atoms with Gasteiger partial charge in [-0.3, -0.25) is 0 Å². The summed E-state index contributed by atoms with van der Waals surface area (Å²) in [5, 5.41) is 0. The largest absolute Gasteiger partial charge is 0.323 e. The van der Waals surface area contributed by atoms with E-state index in [1.54, 1.807) is 0 Å². The Kier molecular flexibility index (Phi) is 12.7. The van der Waals surface area contributed by atoms with Crippen molar-refractivity contribution < 1.29 is 4.57 Å². The lowest BCUT2D eigenvalue weighted by Crippen LogP contribution is -2.21. The predicted molar refractivity (Wildman–Crippen MR) is 156 cm³/mol. The van der Waals surface area contributed by atoms with Crippen LogP contribution in [0.5, 0.6) is 0 Å². The van der Waals surface area contributed by atoms with Crippen LogP contribution in [0.2, 0.25) is 0 Å². The molecule has 3 unspecified atom stereocenters. The first kappa shape index (κ1) is 31.5. The molecule has 0 fully saturated rings. The second-order valence-corrected chi connectivity index (χ2v) is 16.5. The van der Waals surface area contributed by atoms with E-state index in [4.69, 9.17) is 0 Å². The molecule has 0 aliphatic rings. The van der Waals surface area contributed by atoms with Crippen LogP contribution in [-0.4, -0.2) is 12.3 Å². The Balaban J connectivity index is 3.54. The molecule has 0 bridgehead atoms. The first-order valence-corrected chi connectivity index (χ1v) is 16.6. The summed E-state index contributed by atoms with van der Waals surface area (Å²) in [5.41, 5.74) is 4.41. The van der Waals surface area contributed by atoms with E-state index in [1.165, 1.54) is 55.2 Å². The van der Waals surface area contributed by atoms with Crippen molar-refractivity contribution >= 4 is 7.14 Å². The quantitative estimate of drug-likeness (QED) is 0.237. The summed E-state index contributed by atoms with van der Waals surface area (Å²) >= 11 is 0. The van der Waals surface area contributed by atoms with Crippen molar-refractivity contribution in [3.05, 3.63) is 34.9 Å². The van der Waals surface area contributed by atoms with Gasteiger partial charge >= 0.3 is 0 Å². The third-order valence-electron chi connectivity index (χ3n) is 8.10. The van der Waals surface area contributed by atoms with Crippen LogP contribution in [0.3, 0.4) is 0 Å². The lowest BCUT2D eigenvalue weighted by Gasteiger charge is -2.35. The maximum Gasteiger partial charge on any atom is 0.0951 e. The zero-order chi connectivity index (χ0) is 26.2. The van der Waals surface area contributed by atoms with Crippen LogP contribution < -0.4 is 0 Å². The van der Waals surface area contributed by atoms with Gasteiger partial charge in [0.15, 0.2) is 0 Å². The molecule has 0 aliphatic heterocycles. The van der Waals surface area contributed by atoms with Crippen LogP contribution in [0.4, 0.5) is 0 Å².